The van der Waals surface area contributed by atoms with Gasteiger partial charge >= 0.3 is 0 Å². The maximum absolute atomic E-state index is 12.2. The first-order valence-electron chi connectivity index (χ1n) is 7.26. The fourth-order valence-corrected chi connectivity index (χ4v) is 3.95. The van der Waals surface area contributed by atoms with E-state index in [1.165, 1.54) is 25.7 Å². The van der Waals surface area contributed by atoms with Crippen LogP contribution in [0.1, 0.15) is 66.2 Å². The van der Waals surface area contributed by atoms with Gasteiger partial charge in [0.2, 0.25) is 0 Å². The second-order valence-electron chi connectivity index (χ2n) is 6.76. The molecule has 1 saturated heterocycles. The number of hydrogen-bond donors (Lipinski definition) is 0. The second kappa shape index (κ2) is 4.72. The van der Waals surface area contributed by atoms with E-state index in [9.17, 15) is 4.79 Å². The number of rotatable bonds is 2. The van der Waals surface area contributed by atoms with Gasteiger partial charge in [0.1, 0.15) is 5.78 Å². The lowest BCUT2D eigenvalue weighted by Gasteiger charge is -2.42. The van der Waals surface area contributed by atoms with Gasteiger partial charge < -0.3 is 0 Å². The van der Waals surface area contributed by atoms with Crippen LogP contribution < -0.4 is 0 Å². The molecule has 0 unspecified atom stereocenters. The predicted molar refractivity (Wildman–Crippen MR) is 71.0 cm³/mol. The van der Waals surface area contributed by atoms with Gasteiger partial charge in [-0.25, -0.2) is 0 Å². The van der Waals surface area contributed by atoms with Gasteiger partial charge in [0.05, 0.1) is 6.04 Å². The van der Waals surface area contributed by atoms with Crippen molar-refractivity contribution in [3.05, 3.63) is 0 Å². The Hall–Kier alpha value is -0.370. The van der Waals surface area contributed by atoms with Gasteiger partial charge in [0, 0.05) is 18.0 Å². The van der Waals surface area contributed by atoms with Crippen molar-refractivity contribution < 1.29 is 4.79 Å². The lowest BCUT2D eigenvalue weighted by Crippen LogP contribution is -2.52. The van der Waals surface area contributed by atoms with Crippen molar-refractivity contribution in [1.29, 1.82) is 0 Å². The highest BCUT2D eigenvalue weighted by atomic mass is 16.1. The summed E-state index contributed by atoms with van der Waals surface area (Å²) >= 11 is 0. The number of carbonyl (C=O) groups excluding carboxylic acids is 1. The Morgan fingerprint density at radius 1 is 1.24 bits per heavy atom. The number of nitrogens with zero attached hydrogens (tertiary/aromatic N) is 1. The van der Waals surface area contributed by atoms with Crippen molar-refractivity contribution in [2.75, 3.05) is 0 Å². The quantitative estimate of drug-likeness (QED) is 0.733. The van der Waals surface area contributed by atoms with E-state index in [1.807, 2.05) is 6.92 Å². The minimum Gasteiger partial charge on any atom is -0.298 e. The Morgan fingerprint density at radius 2 is 1.88 bits per heavy atom. The van der Waals surface area contributed by atoms with Crippen LogP contribution in [-0.2, 0) is 4.79 Å². The highest BCUT2D eigenvalue weighted by molar-refractivity contribution is 5.84. The molecule has 1 aliphatic heterocycles. The molecule has 0 spiro atoms. The third kappa shape index (κ3) is 2.42. The largest absolute Gasteiger partial charge is 0.298 e. The van der Waals surface area contributed by atoms with Crippen LogP contribution in [0, 0.1) is 5.92 Å². The molecule has 0 N–H and O–H groups in total. The van der Waals surface area contributed by atoms with E-state index in [-0.39, 0.29) is 11.6 Å². The molecule has 2 fully saturated rings. The zero-order chi connectivity index (χ0) is 12.6. The summed E-state index contributed by atoms with van der Waals surface area (Å²) in [7, 11) is 0. The molecule has 2 rings (SSSR count). The lowest BCUT2D eigenvalue weighted by atomic mass is 9.84. The molecule has 1 saturated carbocycles. The molecule has 0 aromatic carbocycles. The summed E-state index contributed by atoms with van der Waals surface area (Å²) in [4.78, 5) is 14.7. The number of hydrogen-bond acceptors (Lipinski definition) is 2. The summed E-state index contributed by atoms with van der Waals surface area (Å²) in [6.07, 6.45) is 7.17. The molecule has 0 bridgehead atoms. The molecule has 1 heterocycles. The van der Waals surface area contributed by atoms with Crippen molar-refractivity contribution in [2.45, 2.75) is 83.8 Å². The van der Waals surface area contributed by atoms with Crippen LogP contribution >= 0.6 is 0 Å². The first-order chi connectivity index (χ1) is 7.95. The number of Topliss-reactive ketones (excluding diaryl/α,β-unsaturated/α-hetero) is 1. The van der Waals surface area contributed by atoms with E-state index in [0.717, 1.165) is 12.3 Å². The molecule has 3 atom stereocenters. The molecular weight excluding hydrogens is 210 g/mol. The SMILES string of the molecule is CCC(=O)[C@@H]1C[C@H]2CCCC[C@H]2N1C(C)(C)C. The van der Waals surface area contributed by atoms with Crippen molar-refractivity contribution in [3.8, 4) is 0 Å². The first kappa shape index (κ1) is 13.1. The Balaban J connectivity index is 2.24. The van der Waals surface area contributed by atoms with Crippen LogP contribution in [0.25, 0.3) is 0 Å². The molecule has 1 aliphatic carbocycles. The highest BCUT2D eigenvalue weighted by Gasteiger charge is 2.48. The van der Waals surface area contributed by atoms with Crippen LogP contribution in [-0.4, -0.2) is 28.3 Å². The Morgan fingerprint density at radius 3 is 2.47 bits per heavy atom. The summed E-state index contributed by atoms with van der Waals surface area (Å²) in [5.74, 6) is 1.23. The molecule has 0 aromatic heterocycles. The van der Waals surface area contributed by atoms with Gasteiger partial charge in [-0.15, -0.1) is 0 Å². The molecular formula is C15H27NO. The van der Waals surface area contributed by atoms with E-state index in [1.54, 1.807) is 0 Å². The van der Waals surface area contributed by atoms with Gasteiger partial charge in [0.25, 0.3) is 0 Å². The van der Waals surface area contributed by atoms with E-state index < -0.39 is 0 Å². The second-order valence-corrected chi connectivity index (χ2v) is 6.76. The van der Waals surface area contributed by atoms with E-state index in [4.69, 9.17) is 0 Å². The molecule has 2 aliphatic rings. The van der Waals surface area contributed by atoms with Crippen molar-refractivity contribution in [2.24, 2.45) is 5.92 Å². The van der Waals surface area contributed by atoms with Gasteiger partial charge in [-0.05, 0) is 46.0 Å². The maximum atomic E-state index is 12.2. The fraction of sp³-hybridized carbons (Fsp3) is 0.933. The van der Waals surface area contributed by atoms with Gasteiger partial charge in [-0.1, -0.05) is 19.8 Å². The Labute approximate surface area is 106 Å². The molecule has 2 nitrogen and oxygen atoms in total. The van der Waals surface area contributed by atoms with Crippen LogP contribution in [0.3, 0.4) is 0 Å². The topological polar surface area (TPSA) is 20.3 Å². The standard InChI is InChI=1S/C15H27NO/c1-5-14(17)13-10-11-8-6-7-9-12(11)16(13)15(2,3)4/h11-13H,5-10H2,1-4H3/t11-,12-,13+/m1/s1. The molecule has 0 aromatic rings. The fourth-order valence-electron chi connectivity index (χ4n) is 3.95. The van der Waals surface area contributed by atoms with Crippen LogP contribution in [0.4, 0.5) is 0 Å². The van der Waals surface area contributed by atoms with Crippen molar-refractivity contribution in [1.82, 2.24) is 4.90 Å². The summed E-state index contributed by atoms with van der Waals surface area (Å²) in [6, 6.07) is 0.873. The summed E-state index contributed by atoms with van der Waals surface area (Å²) < 4.78 is 0. The molecule has 0 amide bonds. The minimum absolute atomic E-state index is 0.131. The summed E-state index contributed by atoms with van der Waals surface area (Å²) in [5, 5.41) is 0. The average Bonchev–Trinajstić information content (AvgIpc) is 2.66. The summed E-state index contributed by atoms with van der Waals surface area (Å²) in [6.45, 7) is 8.80. The van der Waals surface area contributed by atoms with Crippen LogP contribution in [0.15, 0.2) is 0 Å². The van der Waals surface area contributed by atoms with E-state index >= 15 is 0 Å². The zero-order valence-electron chi connectivity index (χ0n) is 11.8. The smallest absolute Gasteiger partial charge is 0.149 e. The first-order valence-corrected chi connectivity index (χ1v) is 7.26. The maximum Gasteiger partial charge on any atom is 0.149 e. The van der Waals surface area contributed by atoms with Crippen molar-refractivity contribution in [3.63, 3.8) is 0 Å². The monoisotopic (exact) mass is 237 g/mol. The number of carbonyl (C=O) groups is 1. The van der Waals surface area contributed by atoms with Crippen molar-refractivity contribution >= 4 is 5.78 Å². The number of ketones is 1. The Kier molecular flexibility index (Phi) is 3.63. The third-order valence-corrected chi connectivity index (χ3v) is 4.58. The predicted octanol–water partition coefficient (Wildman–Crippen LogP) is 3.40. The molecule has 98 valence electrons. The van der Waals surface area contributed by atoms with Crippen LogP contribution in [0.5, 0.6) is 0 Å². The van der Waals surface area contributed by atoms with E-state index in [0.29, 0.717) is 18.2 Å². The molecule has 17 heavy (non-hydrogen) atoms. The highest BCUT2D eigenvalue weighted by Crippen LogP contribution is 2.43. The van der Waals surface area contributed by atoms with Gasteiger partial charge in [0.15, 0.2) is 0 Å². The number of likely N-dealkylation sites (tertiary alicyclic amines) is 1. The zero-order valence-corrected chi connectivity index (χ0v) is 11.8. The Bertz CT molecular complexity index is 292. The molecule has 0 radical (unpaired) electrons. The minimum atomic E-state index is 0.131. The normalized spacial score (nSPS) is 34.7. The number of fused-ring (bicyclic) bond motifs is 1. The molecule has 2 heteroatoms. The third-order valence-electron chi connectivity index (χ3n) is 4.58. The lowest BCUT2D eigenvalue weighted by molar-refractivity contribution is -0.125. The van der Waals surface area contributed by atoms with Crippen LogP contribution in [0.2, 0.25) is 0 Å². The van der Waals surface area contributed by atoms with Gasteiger partial charge in [-0.2, -0.15) is 0 Å². The average molecular weight is 237 g/mol. The van der Waals surface area contributed by atoms with Gasteiger partial charge in [-0.3, -0.25) is 9.69 Å². The summed E-state index contributed by atoms with van der Waals surface area (Å²) in [5.41, 5.74) is 0.131. The van der Waals surface area contributed by atoms with E-state index in [2.05, 4.69) is 25.7 Å².